The van der Waals surface area contributed by atoms with E-state index in [1.807, 2.05) is 31.2 Å². The van der Waals surface area contributed by atoms with E-state index in [9.17, 15) is 4.79 Å². The Bertz CT molecular complexity index is 830. The predicted octanol–water partition coefficient (Wildman–Crippen LogP) is 4.38. The Morgan fingerprint density at radius 3 is 2.79 bits per heavy atom. The van der Waals surface area contributed by atoms with E-state index in [0.717, 1.165) is 5.75 Å². The van der Waals surface area contributed by atoms with Crippen molar-refractivity contribution >= 4 is 40.5 Å². The van der Waals surface area contributed by atoms with Crippen LogP contribution in [-0.4, -0.2) is 26.7 Å². The summed E-state index contributed by atoms with van der Waals surface area (Å²) in [5.74, 6) is 1.67. The standard InChI is InChI=1S/C16H14ClN3O2S2/c1-10-2-4-11(5-3-10)22-8-15-18-16(20-19-15)23-9-12(21)13-6-7-14(17)24-13/h2-7H,8-9H2,1H3,(H,18,19,20). The molecule has 24 heavy (non-hydrogen) atoms. The third-order valence-corrected chi connectivity index (χ3v) is 5.21. The van der Waals surface area contributed by atoms with Crippen LogP contribution in [0, 0.1) is 6.92 Å². The number of aromatic amines is 1. The first kappa shape index (κ1) is 17.0. The monoisotopic (exact) mass is 379 g/mol. The van der Waals surface area contributed by atoms with Gasteiger partial charge in [0.1, 0.15) is 12.4 Å². The minimum atomic E-state index is 0.0131. The molecule has 2 heterocycles. The largest absolute Gasteiger partial charge is 0.486 e. The van der Waals surface area contributed by atoms with Crippen LogP contribution in [0.15, 0.2) is 41.6 Å². The molecule has 2 aromatic heterocycles. The molecule has 0 atom stereocenters. The number of ketones is 1. The topological polar surface area (TPSA) is 67.9 Å². The van der Waals surface area contributed by atoms with Crippen LogP contribution in [0.4, 0.5) is 0 Å². The fourth-order valence-corrected chi connectivity index (χ4v) is 3.63. The summed E-state index contributed by atoms with van der Waals surface area (Å²) in [6, 6.07) is 11.2. The molecule has 0 bridgehead atoms. The zero-order valence-corrected chi connectivity index (χ0v) is 15.2. The quantitative estimate of drug-likeness (QED) is 0.487. The Morgan fingerprint density at radius 1 is 1.29 bits per heavy atom. The van der Waals surface area contributed by atoms with Gasteiger partial charge in [-0.05, 0) is 31.2 Å². The number of aromatic nitrogens is 3. The number of Topliss-reactive ketones (excluding diaryl/α,β-unsaturated/α-hetero) is 1. The molecular weight excluding hydrogens is 366 g/mol. The van der Waals surface area contributed by atoms with E-state index in [0.29, 0.717) is 26.8 Å². The van der Waals surface area contributed by atoms with Crippen molar-refractivity contribution in [3.05, 3.63) is 57.0 Å². The number of benzene rings is 1. The van der Waals surface area contributed by atoms with Crippen molar-refractivity contribution in [1.29, 1.82) is 0 Å². The van der Waals surface area contributed by atoms with Crippen LogP contribution < -0.4 is 4.74 Å². The number of hydrogen-bond donors (Lipinski definition) is 1. The lowest BCUT2D eigenvalue weighted by Gasteiger charge is -2.03. The number of carbonyl (C=O) groups excluding carboxylic acids is 1. The summed E-state index contributed by atoms with van der Waals surface area (Å²) in [5, 5.41) is 7.43. The molecule has 0 saturated heterocycles. The first-order chi connectivity index (χ1) is 11.6. The summed E-state index contributed by atoms with van der Waals surface area (Å²) in [6.07, 6.45) is 0. The number of hydrogen-bond acceptors (Lipinski definition) is 6. The van der Waals surface area contributed by atoms with Gasteiger partial charge >= 0.3 is 0 Å². The highest BCUT2D eigenvalue weighted by molar-refractivity contribution is 7.99. The van der Waals surface area contributed by atoms with Gasteiger partial charge in [-0.3, -0.25) is 9.89 Å². The smallest absolute Gasteiger partial charge is 0.208 e. The zero-order valence-electron chi connectivity index (χ0n) is 12.8. The SMILES string of the molecule is Cc1ccc(OCc2nc(SCC(=O)c3ccc(Cl)s3)n[nH]2)cc1. The molecule has 0 saturated carbocycles. The molecule has 0 aliphatic heterocycles. The maximum atomic E-state index is 12.0. The molecule has 1 aromatic carbocycles. The fraction of sp³-hybridized carbons (Fsp3) is 0.188. The average Bonchev–Trinajstić information content (AvgIpc) is 3.21. The number of thioether (sulfide) groups is 1. The van der Waals surface area contributed by atoms with Crippen molar-refractivity contribution in [2.24, 2.45) is 0 Å². The third kappa shape index (κ3) is 4.59. The van der Waals surface area contributed by atoms with Gasteiger partial charge in [0.05, 0.1) is 15.0 Å². The van der Waals surface area contributed by atoms with E-state index in [1.165, 1.54) is 28.7 Å². The van der Waals surface area contributed by atoms with Crippen LogP contribution in [0.1, 0.15) is 21.1 Å². The molecule has 0 fully saturated rings. The number of nitrogens with zero attached hydrogens (tertiary/aromatic N) is 2. The molecule has 0 aliphatic rings. The number of halogens is 1. The Morgan fingerprint density at radius 2 is 2.08 bits per heavy atom. The van der Waals surface area contributed by atoms with Gasteiger partial charge in [-0.15, -0.1) is 16.4 Å². The first-order valence-electron chi connectivity index (χ1n) is 7.12. The molecule has 0 radical (unpaired) electrons. The van der Waals surface area contributed by atoms with Crippen LogP contribution in [0.5, 0.6) is 5.75 Å². The number of carbonyl (C=O) groups is 1. The van der Waals surface area contributed by atoms with E-state index < -0.39 is 0 Å². The van der Waals surface area contributed by atoms with E-state index in [1.54, 1.807) is 12.1 Å². The lowest BCUT2D eigenvalue weighted by molar-refractivity contribution is 0.102. The molecular formula is C16H14ClN3O2S2. The van der Waals surface area contributed by atoms with Gasteiger partial charge in [0.25, 0.3) is 0 Å². The summed E-state index contributed by atoms with van der Waals surface area (Å²) >= 11 is 8.39. The Balaban J connectivity index is 1.50. The van der Waals surface area contributed by atoms with Gasteiger partial charge < -0.3 is 4.74 Å². The van der Waals surface area contributed by atoms with Crippen molar-refractivity contribution in [3.63, 3.8) is 0 Å². The maximum Gasteiger partial charge on any atom is 0.208 e. The van der Waals surface area contributed by atoms with Crippen LogP contribution >= 0.6 is 34.7 Å². The maximum absolute atomic E-state index is 12.0. The number of rotatable bonds is 7. The van der Waals surface area contributed by atoms with Gasteiger partial charge in [0, 0.05) is 0 Å². The van der Waals surface area contributed by atoms with Crippen LogP contribution in [0.25, 0.3) is 0 Å². The normalized spacial score (nSPS) is 10.8. The van der Waals surface area contributed by atoms with Crippen molar-refractivity contribution < 1.29 is 9.53 Å². The number of nitrogens with one attached hydrogen (secondary N) is 1. The van der Waals surface area contributed by atoms with Gasteiger partial charge in [0.15, 0.2) is 11.6 Å². The van der Waals surface area contributed by atoms with Gasteiger partial charge in [-0.1, -0.05) is 41.1 Å². The summed E-state index contributed by atoms with van der Waals surface area (Å²) < 4.78 is 6.24. The second-order valence-electron chi connectivity index (χ2n) is 4.98. The second kappa shape index (κ2) is 7.83. The molecule has 0 amide bonds. The highest BCUT2D eigenvalue weighted by Gasteiger charge is 2.12. The van der Waals surface area contributed by atoms with E-state index in [2.05, 4.69) is 15.2 Å². The molecule has 0 unspecified atom stereocenters. The zero-order chi connectivity index (χ0) is 16.9. The predicted molar refractivity (Wildman–Crippen MR) is 96.3 cm³/mol. The lowest BCUT2D eigenvalue weighted by atomic mass is 10.2. The van der Waals surface area contributed by atoms with Crippen molar-refractivity contribution in [3.8, 4) is 5.75 Å². The highest BCUT2D eigenvalue weighted by atomic mass is 35.5. The fourth-order valence-electron chi connectivity index (χ4n) is 1.86. The number of aryl methyl sites for hydroxylation is 1. The van der Waals surface area contributed by atoms with Gasteiger partial charge in [0.2, 0.25) is 5.16 Å². The summed E-state index contributed by atoms with van der Waals surface area (Å²) in [4.78, 5) is 17.0. The molecule has 0 spiro atoms. The Kier molecular flexibility index (Phi) is 5.55. The van der Waals surface area contributed by atoms with Crippen molar-refractivity contribution in [1.82, 2.24) is 15.2 Å². The molecule has 5 nitrogen and oxygen atoms in total. The average molecular weight is 380 g/mol. The molecule has 3 aromatic rings. The molecule has 1 N–H and O–H groups in total. The highest BCUT2D eigenvalue weighted by Crippen LogP contribution is 2.24. The summed E-state index contributed by atoms with van der Waals surface area (Å²) in [7, 11) is 0. The van der Waals surface area contributed by atoms with Crippen LogP contribution in [-0.2, 0) is 6.61 Å². The van der Waals surface area contributed by atoms with Gasteiger partial charge in [-0.25, -0.2) is 4.98 Å². The summed E-state index contributed by atoms with van der Waals surface area (Å²) in [5.41, 5.74) is 1.18. The lowest BCUT2D eigenvalue weighted by Crippen LogP contribution is -2.00. The Hall–Kier alpha value is -1.83. The van der Waals surface area contributed by atoms with E-state index >= 15 is 0 Å². The minimum absolute atomic E-state index is 0.0131. The minimum Gasteiger partial charge on any atom is -0.486 e. The molecule has 8 heteroatoms. The van der Waals surface area contributed by atoms with Crippen LogP contribution in [0.2, 0.25) is 4.34 Å². The first-order valence-corrected chi connectivity index (χ1v) is 9.30. The number of H-pyrrole nitrogens is 1. The van der Waals surface area contributed by atoms with E-state index in [-0.39, 0.29) is 11.5 Å². The molecule has 3 rings (SSSR count). The second-order valence-corrected chi connectivity index (χ2v) is 7.64. The molecule has 124 valence electrons. The van der Waals surface area contributed by atoms with Crippen molar-refractivity contribution in [2.45, 2.75) is 18.7 Å². The third-order valence-electron chi connectivity index (χ3n) is 3.09. The van der Waals surface area contributed by atoms with E-state index in [4.69, 9.17) is 16.3 Å². The van der Waals surface area contributed by atoms with Gasteiger partial charge in [-0.2, -0.15) is 0 Å². The van der Waals surface area contributed by atoms with Crippen molar-refractivity contribution in [2.75, 3.05) is 5.75 Å². The molecule has 0 aliphatic carbocycles. The number of ether oxygens (including phenoxy) is 1. The van der Waals surface area contributed by atoms with Crippen LogP contribution in [0.3, 0.4) is 0 Å². The summed E-state index contributed by atoms with van der Waals surface area (Å²) in [6.45, 7) is 2.32. The number of thiophene rings is 1. The Labute approximate surface area is 152 Å².